The van der Waals surface area contributed by atoms with Crippen LogP contribution >= 0.6 is 0 Å². The van der Waals surface area contributed by atoms with Gasteiger partial charge in [0.2, 0.25) is 5.65 Å². The number of aromatic nitrogens is 6. The predicted octanol–water partition coefficient (Wildman–Crippen LogP) is 0.601. The third kappa shape index (κ3) is 1.38. The first-order valence-electron chi connectivity index (χ1n) is 4.73. The topological polar surface area (TPSA) is 72.9 Å². The predicted molar refractivity (Wildman–Crippen MR) is 57.3 cm³/mol. The van der Waals surface area contributed by atoms with Gasteiger partial charge in [-0.15, -0.1) is 10.2 Å². The Labute approximate surface area is 90.8 Å². The van der Waals surface area contributed by atoms with Crippen molar-refractivity contribution in [2.45, 2.75) is 0 Å². The maximum Gasteiger partial charge on any atom is 0.203 e. The van der Waals surface area contributed by atoms with Crippen LogP contribution in [-0.2, 0) is 7.05 Å². The number of rotatable bonds is 2. The molecule has 0 atom stereocenters. The van der Waals surface area contributed by atoms with Gasteiger partial charge in [0.15, 0.2) is 5.82 Å². The molecule has 0 fully saturated rings. The van der Waals surface area contributed by atoms with Crippen molar-refractivity contribution in [2.24, 2.45) is 7.05 Å². The van der Waals surface area contributed by atoms with Gasteiger partial charge in [-0.25, -0.2) is 4.98 Å². The second-order valence-corrected chi connectivity index (χ2v) is 3.37. The van der Waals surface area contributed by atoms with Gasteiger partial charge < -0.3 is 5.32 Å². The van der Waals surface area contributed by atoms with Crippen LogP contribution in [0.25, 0.3) is 5.65 Å². The fraction of sp³-hybridized carbons (Fsp3) is 0.111. The average molecular weight is 215 g/mol. The third-order valence-corrected chi connectivity index (χ3v) is 2.18. The van der Waals surface area contributed by atoms with Crippen molar-refractivity contribution in [2.75, 3.05) is 5.32 Å². The largest absolute Gasteiger partial charge is 0.334 e. The van der Waals surface area contributed by atoms with Crippen LogP contribution in [0.1, 0.15) is 0 Å². The normalized spacial score (nSPS) is 10.8. The van der Waals surface area contributed by atoms with E-state index in [-0.39, 0.29) is 0 Å². The van der Waals surface area contributed by atoms with Crippen molar-refractivity contribution in [3.8, 4) is 0 Å². The van der Waals surface area contributed by atoms with Gasteiger partial charge in [-0.2, -0.15) is 5.10 Å². The molecule has 3 rings (SSSR count). The first kappa shape index (κ1) is 8.84. The summed E-state index contributed by atoms with van der Waals surface area (Å²) in [5.74, 6) is 0.660. The Hall–Kier alpha value is -2.44. The van der Waals surface area contributed by atoms with E-state index >= 15 is 0 Å². The second kappa shape index (κ2) is 3.30. The van der Waals surface area contributed by atoms with Crippen molar-refractivity contribution in [1.29, 1.82) is 0 Å². The average Bonchev–Trinajstić information content (AvgIpc) is 2.87. The van der Waals surface area contributed by atoms with Crippen molar-refractivity contribution >= 4 is 17.2 Å². The van der Waals surface area contributed by atoms with E-state index in [9.17, 15) is 0 Å². The van der Waals surface area contributed by atoms with E-state index in [1.165, 1.54) is 0 Å². The number of nitrogens with zero attached hydrogens (tertiary/aromatic N) is 6. The summed E-state index contributed by atoms with van der Waals surface area (Å²) in [6.07, 6.45) is 8.70. The number of hydrogen-bond acceptors (Lipinski definition) is 5. The molecule has 16 heavy (non-hydrogen) atoms. The van der Waals surface area contributed by atoms with Crippen molar-refractivity contribution in [3.05, 3.63) is 31.1 Å². The maximum absolute atomic E-state index is 4.21. The van der Waals surface area contributed by atoms with Gasteiger partial charge in [-0.1, -0.05) is 0 Å². The Bertz CT molecular complexity index is 623. The summed E-state index contributed by atoms with van der Waals surface area (Å²) in [5.41, 5.74) is 1.55. The van der Waals surface area contributed by atoms with Crippen molar-refractivity contribution < 1.29 is 0 Å². The molecular weight excluding hydrogens is 206 g/mol. The minimum Gasteiger partial charge on any atom is -0.334 e. The van der Waals surface area contributed by atoms with Gasteiger partial charge >= 0.3 is 0 Å². The van der Waals surface area contributed by atoms with Gasteiger partial charge in [0.25, 0.3) is 0 Å². The van der Waals surface area contributed by atoms with E-state index < -0.39 is 0 Å². The van der Waals surface area contributed by atoms with Gasteiger partial charge in [0, 0.05) is 25.6 Å². The smallest absolute Gasteiger partial charge is 0.203 e. The molecule has 0 bridgehead atoms. The summed E-state index contributed by atoms with van der Waals surface area (Å²) in [6, 6.07) is 0. The zero-order chi connectivity index (χ0) is 11.0. The highest BCUT2D eigenvalue weighted by atomic mass is 15.3. The van der Waals surface area contributed by atoms with Crippen molar-refractivity contribution in [1.82, 2.24) is 29.4 Å². The lowest BCUT2D eigenvalue weighted by Gasteiger charge is -2.02. The Morgan fingerprint density at radius 1 is 1.38 bits per heavy atom. The zero-order valence-corrected chi connectivity index (χ0v) is 8.57. The lowest BCUT2D eigenvalue weighted by atomic mass is 10.5. The van der Waals surface area contributed by atoms with E-state index in [0.717, 1.165) is 5.69 Å². The minimum atomic E-state index is 0.660. The van der Waals surface area contributed by atoms with E-state index in [1.807, 2.05) is 13.2 Å². The molecule has 3 aromatic rings. The molecule has 0 aromatic carbocycles. The number of nitrogens with one attached hydrogen (secondary N) is 1. The lowest BCUT2D eigenvalue weighted by molar-refractivity contribution is 0.768. The highest BCUT2D eigenvalue weighted by Crippen LogP contribution is 2.16. The van der Waals surface area contributed by atoms with E-state index in [1.54, 1.807) is 34.0 Å². The van der Waals surface area contributed by atoms with Crippen molar-refractivity contribution in [3.63, 3.8) is 0 Å². The quantitative estimate of drug-likeness (QED) is 0.677. The first-order valence-corrected chi connectivity index (χ1v) is 4.73. The Kier molecular flexibility index (Phi) is 1.82. The van der Waals surface area contributed by atoms with Gasteiger partial charge in [0.05, 0.1) is 11.9 Å². The summed E-state index contributed by atoms with van der Waals surface area (Å²) < 4.78 is 3.51. The molecule has 0 saturated heterocycles. The molecule has 80 valence electrons. The number of fused-ring (bicyclic) bond motifs is 1. The lowest BCUT2D eigenvalue weighted by Crippen LogP contribution is -1.96. The molecule has 3 heterocycles. The molecule has 7 heteroatoms. The van der Waals surface area contributed by atoms with Crippen LogP contribution < -0.4 is 5.32 Å². The summed E-state index contributed by atoms with van der Waals surface area (Å²) in [7, 11) is 1.86. The third-order valence-electron chi connectivity index (χ3n) is 2.18. The molecule has 1 N–H and O–H groups in total. The highest BCUT2D eigenvalue weighted by molar-refractivity contribution is 5.68. The monoisotopic (exact) mass is 215 g/mol. The summed E-state index contributed by atoms with van der Waals surface area (Å²) >= 11 is 0. The number of aryl methyl sites for hydroxylation is 1. The molecule has 0 radical (unpaired) electrons. The molecule has 0 amide bonds. The van der Waals surface area contributed by atoms with E-state index in [0.29, 0.717) is 11.5 Å². The van der Waals surface area contributed by atoms with Crippen LogP contribution in [0, 0.1) is 0 Å². The molecule has 0 unspecified atom stereocenters. The number of anilines is 2. The molecule has 0 spiro atoms. The van der Waals surface area contributed by atoms with Gasteiger partial charge in [-0.05, 0) is 0 Å². The molecule has 3 aromatic heterocycles. The van der Waals surface area contributed by atoms with E-state index in [4.69, 9.17) is 0 Å². The summed E-state index contributed by atoms with van der Waals surface area (Å²) in [5, 5.41) is 15.0. The Morgan fingerprint density at radius 3 is 3.12 bits per heavy atom. The van der Waals surface area contributed by atoms with Crippen LogP contribution in [0.3, 0.4) is 0 Å². The molecule has 0 aliphatic heterocycles. The van der Waals surface area contributed by atoms with Crippen LogP contribution in [0.5, 0.6) is 0 Å². The van der Waals surface area contributed by atoms with Crippen LogP contribution in [-0.4, -0.2) is 29.4 Å². The Balaban J connectivity index is 2.03. The molecule has 0 aliphatic rings. The highest BCUT2D eigenvalue weighted by Gasteiger charge is 2.05. The van der Waals surface area contributed by atoms with E-state index in [2.05, 4.69) is 25.6 Å². The second-order valence-electron chi connectivity index (χ2n) is 3.37. The maximum atomic E-state index is 4.21. The fourth-order valence-electron chi connectivity index (χ4n) is 1.47. The molecule has 0 aliphatic carbocycles. The standard InChI is InChI=1S/C9H9N7/c1-15-5-7(4-12-15)13-8-9-14-11-6-16(9)3-2-10-8/h2-6H,1H3,(H,10,13). The first-order chi connectivity index (χ1) is 7.83. The van der Waals surface area contributed by atoms with Crippen LogP contribution in [0.2, 0.25) is 0 Å². The zero-order valence-electron chi connectivity index (χ0n) is 8.57. The number of hydrogen-bond donors (Lipinski definition) is 1. The SMILES string of the molecule is Cn1cc(Nc2nccn3cnnc23)cn1. The van der Waals surface area contributed by atoms with Gasteiger partial charge in [-0.3, -0.25) is 9.08 Å². The molecule has 7 nitrogen and oxygen atoms in total. The summed E-state index contributed by atoms with van der Waals surface area (Å²) in [4.78, 5) is 4.21. The fourth-order valence-corrected chi connectivity index (χ4v) is 1.47. The summed E-state index contributed by atoms with van der Waals surface area (Å²) in [6.45, 7) is 0. The molecule has 0 saturated carbocycles. The van der Waals surface area contributed by atoms with Crippen LogP contribution in [0.15, 0.2) is 31.1 Å². The Morgan fingerprint density at radius 2 is 2.31 bits per heavy atom. The minimum absolute atomic E-state index is 0.660. The van der Waals surface area contributed by atoms with Gasteiger partial charge in [0.1, 0.15) is 6.33 Å². The molecular formula is C9H9N7. The van der Waals surface area contributed by atoms with Crippen LogP contribution in [0.4, 0.5) is 11.5 Å².